The van der Waals surface area contributed by atoms with E-state index in [4.69, 9.17) is 4.74 Å². The van der Waals surface area contributed by atoms with Crippen LogP contribution >= 0.6 is 0 Å². The summed E-state index contributed by atoms with van der Waals surface area (Å²) in [4.78, 5) is 11.8. The lowest BCUT2D eigenvalue weighted by Crippen LogP contribution is -2.25. The number of aryl methyl sites for hydroxylation is 2. The third kappa shape index (κ3) is 4.19. The van der Waals surface area contributed by atoms with E-state index in [2.05, 4.69) is 10.5 Å². The lowest BCUT2D eigenvalue weighted by Gasteiger charge is -2.13. The Labute approximate surface area is 130 Å². The van der Waals surface area contributed by atoms with Crippen LogP contribution in [0.4, 0.5) is 0 Å². The van der Waals surface area contributed by atoms with Crippen molar-refractivity contribution in [3.05, 3.63) is 64.7 Å². The largest absolute Gasteiger partial charge is 0.483 e. The monoisotopic (exact) mass is 296 g/mol. The predicted octanol–water partition coefficient (Wildman–Crippen LogP) is 3.14. The van der Waals surface area contributed by atoms with Crippen molar-refractivity contribution in [3.63, 3.8) is 0 Å². The molecule has 0 heterocycles. The van der Waals surface area contributed by atoms with Crippen LogP contribution in [0.15, 0.2) is 47.6 Å². The van der Waals surface area contributed by atoms with Gasteiger partial charge in [0.1, 0.15) is 5.75 Å². The fourth-order valence-corrected chi connectivity index (χ4v) is 2.04. The second-order valence-electron chi connectivity index (χ2n) is 5.15. The first kappa shape index (κ1) is 15.8. The lowest BCUT2D eigenvalue weighted by atomic mass is 10.1. The summed E-state index contributed by atoms with van der Waals surface area (Å²) in [6, 6.07) is 13.6. The molecule has 0 aliphatic rings. The number of hydrogen-bond acceptors (Lipinski definition) is 3. The van der Waals surface area contributed by atoms with Crippen LogP contribution in [-0.2, 0) is 4.79 Å². The van der Waals surface area contributed by atoms with Gasteiger partial charge in [-0.15, -0.1) is 0 Å². The Morgan fingerprint density at radius 1 is 1.09 bits per heavy atom. The maximum absolute atomic E-state index is 11.8. The molecule has 0 bridgehead atoms. The minimum Gasteiger partial charge on any atom is -0.483 e. The van der Waals surface area contributed by atoms with E-state index in [-0.39, 0.29) is 12.5 Å². The number of benzene rings is 2. The number of amides is 1. The maximum atomic E-state index is 11.8. The van der Waals surface area contributed by atoms with Gasteiger partial charge >= 0.3 is 0 Å². The third-order valence-electron chi connectivity index (χ3n) is 3.42. The van der Waals surface area contributed by atoms with Gasteiger partial charge in [-0.05, 0) is 43.0 Å². The average Bonchev–Trinajstić information content (AvgIpc) is 2.52. The highest BCUT2D eigenvalue weighted by molar-refractivity contribution is 5.82. The third-order valence-corrected chi connectivity index (χ3v) is 3.42. The van der Waals surface area contributed by atoms with Gasteiger partial charge in [0.25, 0.3) is 5.91 Å². The number of nitrogens with zero attached hydrogens (tertiary/aromatic N) is 1. The van der Waals surface area contributed by atoms with Crippen molar-refractivity contribution in [2.24, 2.45) is 5.10 Å². The van der Waals surface area contributed by atoms with Gasteiger partial charge in [0.2, 0.25) is 0 Å². The molecule has 0 radical (unpaired) electrons. The number of hydrazone groups is 1. The van der Waals surface area contributed by atoms with Crippen LogP contribution in [0.3, 0.4) is 0 Å². The van der Waals surface area contributed by atoms with Gasteiger partial charge in [0.15, 0.2) is 6.61 Å². The molecule has 114 valence electrons. The first-order valence-electron chi connectivity index (χ1n) is 7.14. The minimum absolute atomic E-state index is 0.0583. The molecule has 2 aromatic carbocycles. The zero-order valence-corrected chi connectivity index (χ0v) is 13.1. The first-order chi connectivity index (χ1) is 10.6. The molecule has 2 aromatic rings. The Hall–Kier alpha value is -2.62. The molecular weight excluding hydrogens is 276 g/mol. The van der Waals surface area contributed by atoms with Gasteiger partial charge in [-0.2, -0.15) is 5.10 Å². The molecule has 2 rings (SSSR count). The van der Waals surface area contributed by atoms with E-state index in [0.717, 1.165) is 28.0 Å². The van der Waals surface area contributed by atoms with Crippen LogP contribution in [0, 0.1) is 20.8 Å². The van der Waals surface area contributed by atoms with Crippen molar-refractivity contribution in [1.29, 1.82) is 0 Å². The van der Waals surface area contributed by atoms with Crippen LogP contribution in [-0.4, -0.2) is 18.7 Å². The summed E-state index contributed by atoms with van der Waals surface area (Å²) in [6.07, 6.45) is 1.60. The summed E-state index contributed by atoms with van der Waals surface area (Å²) in [5.74, 6) is 0.481. The number of nitrogens with one attached hydrogen (secondary N) is 1. The van der Waals surface area contributed by atoms with Gasteiger partial charge in [-0.25, -0.2) is 5.43 Å². The van der Waals surface area contributed by atoms with Crippen molar-refractivity contribution in [2.45, 2.75) is 20.8 Å². The molecule has 4 heteroatoms. The molecule has 0 fully saturated rings. The van der Waals surface area contributed by atoms with Gasteiger partial charge in [0.05, 0.1) is 6.21 Å². The van der Waals surface area contributed by atoms with Gasteiger partial charge in [0, 0.05) is 0 Å². The van der Waals surface area contributed by atoms with Crippen LogP contribution in [0.25, 0.3) is 0 Å². The van der Waals surface area contributed by atoms with Crippen LogP contribution in [0.5, 0.6) is 5.75 Å². The molecule has 1 amide bonds. The summed E-state index contributed by atoms with van der Waals surface area (Å²) in [6.45, 7) is 5.92. The zero-order chi connectivity index (χ0) is 15.9. The molecule has 0 spiro atoms. The Morgan fingerprint density at radius 2 is 1.77 bits per heavy atom. The van der Waals surface area contributed by atoms with Crippen LogP contribution < -0.4 is 10.2 Å². The zero-order valence-electron chi connectivity index (χ0n) is 13.1. The number of rotatable bonds is 5. The normalized spacial score (nSPS) is 10.7. The second-order valence-corrected chi connectivity index (χ2v) is 5.15. The molecule has 0 atom stereocenters. The molecule has 0 saturated heterocycles. The van der Waals surface area contributed by atoms with E-state index in [1.807, 2.05) is 63.2 Å². The van der Waals surface area contributed by atoms with Gasteiger partial charge < -0.3 is 4.74 Å². The molecule has 0 aliphatic heterocycles. The number of carbonyl (C=O) groups excluding carboxylic acids is 1. The Kier molecular flexibility index (Phi) is 5.31. The molecule has 1 N–H and O–H groups in total. The second kappa shape index (κ2) is 7.41. The predicted molar refractivity (Wildman–Crippen MR) is 88.3 cm³/mol. The van der Waals surface area contributed by atoms with Crippen LogP contribution in [0.2, 0.25) is 0 Å². The van der Waals surface area contributed by atoms with Crippen molar-refractivity contribution < 1.29 is 9.53 Å². The smallest absolute Gasteiger partial charge is 0.277 e. The average molecular weight is 296 g/mol. The summed E-state index contributed by atoms with van der Waals surface area (Å²) >= 11 is 0. The molecule has 22 heavy (non-hydrogen) atoms. The number of hydrogen-bond donors (Lipinski definition) is 1. The maximum Gasteiger partial charge on any atom is 0.277 e. The summed E-state index contributed by atoms with van der Waals surface area (Å²) in [5.41, 5.74) is 6.60. The Morgan fingerprint density at radius 3 is 2.50 bits per heavy atom. The topological polar surface area (TPSA) is 50.7 Å². The fraction of sp³-hybridized carbons (Fsp3) is 0.222. The standard InChI is InChI=1S/C18H20N2O2/c1-13-9-10-14(2)18(15(13)3)22-12-17(21)20-19-11-16-7-5-4-6-8-16/h4-11H,12H2,1-3H3,(H,20,21)/b19-11-. The van der Waals surface area contributed by atoms with E-state index < -0.39 is 0 Å². The van der Waals surface area contributed by atoms with Crippen molar-refractivity contribution in [2.75, 3.05) is 6.61 Å². The van der Waals surface area contributed by atoms with Crippen LogP contribution in [0.1, 0.15) is 22.3 Å². The summed E-state index contributed by atoms with van der Waals surface area (Å²) < 4.78 is 5.63. The van der Waals surface area contributed by atoms with Gasteiger partial charge in [-0.3, -0.25) is 4.79 Å². The number of carbonyl (C=O) groups is 1. The highest BCUT2D eigenvalue weighted by Crippen LogP contribution is 2.25. The molecule has 4 nitrogen and oxygen atoms in total. The minimum atomic E-state index is -0.285. The van der Waals surface area contributed by atoms with E-state index in [1.165, 1.54) is 0 Å². The van der Waals surface area contributed by atoms with E-state index in [1.54, 1.807) is 6.21 Å². The number of ether oxygens (including phenoxy) is 1. The Bertz CT molecular complexity index is 679. The molecule has 0 aliphatic carbocycles. The van der Waals surface area contributed by atoms with Crippen molar-refractivity contribution >= 4 is 12.1 Å². The van der Waals surface area contributed by atoms with E-state index in [9.17, 15) is 4.79 Å². The van der Waals surface area contributed by atoms with Crippen molar-refractivity contribution in [1.82, 2.24) is 5.43 Å². The first-order valence-corrected chi connectivity index (χ1v) is 7.14. The van der Waals surface area contributed by atoms with E-state index in [0.29, 0.717) is 0 Å². The highest BCUT2D eigenvalue weighted by Gasteiger charge is 2.08. The SMILES string of the molecule is Cc1ccc(C)c(OCC(=O)N/N=C\c2ccccc2)c1C. The lowest BCUT2D eigenvalue weighted by molar-refractivity contribution is -0.123. The van der Waals surface area contributed by atoms with Gasteiger partial charge in [-0.1, -0.05) is 42.5 Å². The molecular formula is C18H20N2O2. The quantitative estimate of drug-likeness (QED) is 0.680. The van der Waals surface area contributed by atoms with Crippen molar-refractivity contribution in [3.8, 4) is 5.75 Å². The Balaban J connectivity index is 1.89. The molecule has 0 saturated carbocycles. The molecule has 0 aromatic heterocycles. The summed E-state index contributed by atoms with van der Waals surface area (Å²) in [5, 5.41) is 3.91. The van der Waals surface area contributed by atoms with E-state index >= 15 is 0 Å². The highest BCUT2D eigenvalue weighted by atomic mass is 16.5. The fourth-order valence-electron chi connectivity index (χ4n) is 2.04. The molecule has 0 unspecified atom stereocenters. The summed E-state index contributed by atoms with van der Waals surface area (Å²) in [7, 11) is 0.